The van der Waals surface area contributed by atoms with Crippen molar-refractivity contribution in [3.8, 4) is 5.75 Å². The number of aromatic nitrogens is 5. The Bertz CT molecular complexity index is 1910. The zero-order chi connectivity index (χ0) is 31.4. The van der Waals surface area contributed by atoms with Gasteiger partial charge in [-0.15, -0.1) is 16.7 Å². The summed E-state index contributed by atoms with van der Waals surface area (Å²) in [5.74, 6) is -0.358. The maximum Gasteiger partial charge on any atom is 0.277 e. The standard InChI is InChI=1S/C32H34ClN7O4/c1-31(2,3)44-17-32(4,5)40-16-24(37-38-40)29(42)35-20-10-18-11-23(36-28(18)34-14-20)30(43)39-15-19(13-33)27-22-9-7-6-8-21(22)26(41)12-25(27)39/h6-12,14,16,19,41H,13,15,17H2,1-5H3,(H,34,36)(H,35,42)/t19-/m1/s1. The third kappa shape index (κ3) is 5.48. The Morgan fingerprint density at radius 2 is 1.89 bits per heavy atom. The van der Waals surface area contributed by atoms with Crippen LogP contribution in [0.3, 0.4) is 0 Å². The summed E-state index contributed by atoms with van der Waals surface area (Å²) < 4.78 is 7.53. The second kappa shape index (κ2) is 10.9. The van der Waals surface area contributed by atoms with Crippen LogP contribution in [-0.2, 0) is 10.3 Å². The Labute approximate surface area is 259 Å². The van der Waals surface area contributed by atoms with Gasteiger partial charge in [-0.3, -0.25) is 9.59 Å². The van der Waals surface area contributed by atoms with E-state index in [-0.39, 0.29) is 28.9 Å². The molecule has 11 nitrogen and oxygen atoms in total. The van der Waals surface area contributed by atoms with Crippen molar-refractivity contribution >= 4 is 56.6 Å². The van der Waals surface area contributed by atoms with Crippen molar-refractivity contribution in [3.63, 3.8) is 0 Å². The van der Waals surface area contributed by atoms with Gasteiger partial charge in [0, 0.05) is 35.2 Å². The van der Waals surface area contributed by atoms with Crippen molar-refractivity contribution in [2.24, 2.45) is 0 Å². The van der Waals surface area contributed by atoms with Gasteiger partial charge in [0.15, 0.2) is 5.69 Å². The smallest absolute Gasteiger partial charge is 0.277 e. The van der Waals surface area contributed by atoms with E-state index in [1.54, 1.807) is 34.0 Å². The molecule has 12 heteroatoms. The van der Waals surface area contributed by atoms with E-state index >= 15 is 0 Å². The number of aromatic amines is 1. The van der Waals surface area contributed by atoms with Crippen molar-refractivity contribution in [1.29, 1.82) is 0 Å². The largest absolute Gasteiger partial charge is 0.507 e. The van der Waals surface area contributed by atoms with Crippen molar-refractivity contribution in [1.82, 2.24) is 25.0 Å². The second-order valence-corrected chi connectivity index (χ2v) is 13.0. The summed E-state index contributed by atoms with van der Waals surface area (Å²) in [5.41, 5.74) is 2.17. The van der Waals surface area contributed by atoms with Gasteiger partial charge in [0.05, 0.1) is 41.5 Å². The van der Waals surface area contributed by atoms with Gasteiger partial charge in [-0.25, -0.2) is 9.67 Å². The summed E-state index contributed by atoms with van der Waals surface area (Å²) in [7, 11) is 0. The molecule has 6 rings (SSSR count). The van der Waals surface area contributed by atoms with Crippen molar-refractivity contribution in [3.05, 3.63) is 71.8 Å². The van der Waals surface area contributed by atoms with Crippen LogP contribution in [0.25, 0.3) is 21.8 Å². The third-order valence-corrected chi connectivity index (χ3v) is 8.11. The van der Waals surface area contributed by atoms with Gasteiger partial charge >= 0.3 is 0 Å². The van der Waals surface area contributed by atoms with E-state index in [1.165, 1.54) is 6.20 Å². The number of aromatic hydroxyl groups is 1. The monoisotopic (exact) mass is 615 g/mol. The highest BCUT2D eigenvalue weighted by atomic mass is 35.5. The van der Waals surface area contributed by atoms with Gasteiger partial charge in [0.1, 0.15) is 17.1 Å². The minimum atomic E-state index is -0.515. The molecule has 4 heterocycles. The van der Waals surface area contributed by atoms with Crippen LogP contribution in [0.4, 0.5) is 11.4 Å². The Morgan fingerprint density at radius 3 is 2.61 bits per heavy atom. The number of rotatable bonds is 7. The number of nitrogens with zero attached hydrogens (tertiary/aromatic N) is 5. The number of carbonyl (C=O) groups excluding carboxylic acids is 2. The number of anilines is 2. The van der Waals surface area contributed by atoms with E-state index in [2.05, 4.69) is 25.6 Å². The fraction of sp³-hybridized carbons (Fsp3) is 0.344. The first-order chi connectivity index (χ1) is 20.8. The molecule has 44 heavy (non-hydrogen) atoms. The lowest BCUT2D eigenvalue weighted by Gasteiger charge is -2.29. The average molecular weight is 616 g/mol. The number of pyridine rings is 1. The first-order valence-corrected chi connectivity index (χ1v) is 14.9. The zero-order valence-electron chi connectivity index (χ0n) is 25.2. The molecular weight excluding hydrogens is 582 g/mol. The predicted octanol–water partition coefficient (Wildman–Crippen LogP) is 5.80. The van der Waals surface area contributed by atoms with E-state index < -0.39 is 11.4 Å². The molecule has 0 saturated heterocycles. The van der Waals surface area contributed by atoms with Crippen LogP contribution in [0.1, 0.15) is 67.1 Å². The highest BCUT2D eigenvalue weighted by Gasteiger charge is 2.35. The van der Waals surface area contributed by atoms with Crippen LogP contribution in [-0.4, -0.2) is 66.5 Å². The number of H-pyrrole nitrogens is 1. The fourth-order valence-electron chi connectivity index (χ4n) is 5.41. The predicted molar refractivity (Wildman–Crippen MR) is 170 cm³/mol. The van der Waals surface area contributed by atoms with Crippen LogP contribution in [0.2, 0.25) is 0 Å². The fourth-order valence-corrected chi connectivity index (χ4v) is 5.66. The van der Waals surface area contributed by atoms with Crippen LogP contribution < -0.4 is 10.2 Å². The normalized spacial score (nSPS) is 15.2. The number of benzene rings is 2. The zero-order valence-corrected chi connectivity index (χ0v) is 25.9. The molecule has 1 atom stereocenters. The highest BCUT2D eigenvalue weighted by Crippen LogP contribution is 2.45. The SMILES string of the molecule is CC(C)(C)OCC(C)(C)n1cc(C(=O)Nc2cnc3[nH]c(C(=O)N4C[C@@H](CCl)c5c4cc(O)c4ccccc54)cc3c2)nn1. The Balaban J connectivity index is 1.21. The molecule has 3 aromatic heterocycles. The summed E-state index contributed by atoms with van der Waals surface area (Å²) in [5, 5.41) is 24.0. The molecule has 0 spiro atoms. The summed E-state index contributed by atoms with van der Waals surface area (Å²) in [6.45, 7) is 10.6. The highest BCUT2D eigenvalue weighted by molar-refractivity contribution is 6.19. The van der Waals surface area contributed by atoms with Gasteiger partial charge in [0.2, 0.25) is 0 Å². The number of amides is 2. The van der Waals surface area contributed by atoms with Crippen LogP contribution >= 0.6 is 11.6 Å². The Hall–Kier alpha value is -4.48. The van der Waals surface area contributed by atoms with Crippen LogP contribution in [0.5, 0.6) is 5.75 Å². The molecule has 0 saturated carbocycles. The molecule has 1 aliphatic rings. The van der Waals surface area contributed by atoms with Crippen molar-refractivity contribution in [2.75, 3.05) is 29.2 Å². The molecule has 0 unspecified atom stereocenters. The van der Waals surface area contributed by atoms with E-state index in [1.807, 2.05) is 58.9 Å². The van der Waals surface area contributed by atoms with Crippen molar-refractivity contribution in [2.45, 2.75) is 51.7 Å². The Morgan fingerprint density at radius 1 is 1.14 bits per heavy atom. The molecular formula is C32H34ClN7O4. The number of phenolic OH excluding ortho intramolecular Hbond substituents is 1. The maximum absolute atomic E-state index is 13.8. The number of phenols is 1. The number of nitrogens with one attached hydrogen (secondary N) is 2. The second-order valence-electron chi connectivity index (χ2n) is 12.7. The number of hydrogen-bond acceptors (Lipinski definition) is 7. The van der Waals surface area contributed by atoms with E-state index in [0.29, 0.717) is 47.1 Å². The minimum Gasteiger partial charge on any atom is -0.507 e. The van der Waals surface area contributed by atoms with E-state index in [4.69, 9.17) is 16.3 Å². The average Bonchev–Trinajstić information content (AvgIpc) is 3.73. The number of carbonyl (C=O) groups is 2. The quantitative estimate of drug-likeness (QED) is 0.197. The van der Waals surface area contributed by atoms with E-state index in [9.17, 15) is 14.7 Å². The first kappa shape index (κ1) is 29.6. The molecule has 0 bridgehead atoms. The summed E-state index contributed by atoms with van der Waals surface area (Å²) in [6, 6.07) is 12.6. The van der Waals surface area contributed by atoms with E-state index in [0.717, 1.165) is 16.3 Å². The summed E-state index contributed by atoms with van der Waals surface area (Å²) in [4.78, 5) is 35.9. The minimum absolute atomic E-state index is 0.0833. The number of fused-ring (bicyclic) bond motifs is 4. The molecule has 3 N–H and O–H groups in total. The third-order valence-electron chi connectivity index (χ3n) is 7.74. The maximum atomic E-state index is 13.8. The molecule has 0 radical (unpaired) electrons. The van der Waals surface area contributed by atoms with Crippen molar-refractivity contribution < 1.29 is 19.4 Å². The number of halogens is 1. The van der Waals surface area contributed by atoms with Gasteiger partial charge in [-0.1, -0.05) is 29.5 Å². The van der Waals surface area contributed by atoms with Gasteiger partial charge < -0.3 is 25.0 Å². The number of hydrogen-bond donors (Lipinski definition) is 3. The van der Waals surface area contributed by atoms with Gasteiger partial charge in [-0.05, 0) is 57.7 Å². The number of alkyl halides is 1. The van der Waals surface area contributed by atoms with Crippen LogP contribution in [0.15, 0.2) is 54.9 Å². The van der Waals surface area contributed by atoms with Crippen LogP contribution in [0, 0.1) is 0 Å². The summed E-state index contributed by atoms with van der Waals surface area (Å²) >= 11 is 6.34. The molecule has 228 valence electrons. The lowest BCUT2D eigenvalue weighted by molar-refractivity contribution is -0.0420. The topological polar surface area (TPSA) is 138 Å². The molecule has 0 fully saturated rings. The molecule has 1 aliphatic heterocycles. The lowest BCUT2D eigenvalue weighted by atomic mass is 9.95. The lowest BCUT2D eigenvalue weighted by Crippen LogP contribution is -2.36. The van der Waals surface area contributed by atoms with Gasteiger partial charge in [-0.2, -0.15) is 0 Å². The number of ether oxygens (including phenoxy) is 1. The van der Waals surface area contributed by atoms with Gasteiger partial charge in [0.25, 0.3) is 11.8 Å². The molecule has 0 aliphatic carbocycles. The molecule has 2 aromatic carbocycles. The molecule has 2 amide bonds. The first-order valence-electron chi connectivity index (χ1n) is 14.3. The molecule has 5 aromatic rings. The summed E-state index contributed by atoms with van der Waals surface area (Å²) in [6.07, 6.45) is 3.10. The Kier molecular flexibility index (Phi) is 7.33.